The number of hydrogen-bond acceptors (Lipinski definition) is 5. The second-order valence-electron chi connectivity index (χ2n) is 8.94. The molecule has 10 heteroatoms. The summed E-state index contributed by atoms with van der Waals surface area (Å²) in [5, 5.41) is 0. The van der Waals surface area contributed by atoms with E-state index in [4.69, 9.17) is 9.47 Å². The maximum absolute atomic E-state index is 13.6. The lowest BCUT2D eigenvalue weighted by Crippen LogP contribution is -2.57. The highest BCUT2D eigenvalue weighted by Gasteiger charge is 2.58. The Morgan fingerprint density at radius 1 is 1.15 bits per heavy atom. The molecule has 0 aliphatic carbocycles. The number of likely N-dealkylation sites (N-methyl/N-ethyl adjacent to an activating group) is 1. The first-order chi connectivity index (χ1) is 15.7. The lowest BCUT2D eigenvalue weighted by molar-refractivity contribution is -0.138. The third-order valence-electron chi connectivity index (χ3n) is 7.15. The van der Waals surface area contributed by atoms with Gasteiger partial charge in [-0.25, -0.2) is 9.69 Å². The van der Waals surface area contributed by atoms with Gasteiger partial charge in [-0.15, -0.1) is 0 Å². The maximum Gasteiger partial charge on any atom is 0.419 e. The standard InChI is InChI=1S/C23H30F3N3O4/c1-3-28-21(31)29(17-4-5-18(23(24,25)26)19(14-17)32-2)20(30)22(28)8-10-27(11-9-22)15-16-6-12-33-13-7-16/h4-5,14,16H,3,6-13,15H2,1-2H3. The van der Waals surface area contributed by atoms with Crippen LogP contribution in [0, 0.1) is 5.92 Å². The molecule has 182 valence electrons. The summed E-state index contributed by atoms with van der Waals surface area (Å²) in [6.45, 7) is 6.06. The molecule has 0 radical (unpaired) electrons. The predicted molar refractivity (Wildman–Crippen MR) is 115 cm³/mol. The smallest absolute Gasteiger partial charge is 0.419 e. The molecule has 0 N–H and O–H groups in total. The molecule has 3 saturated heterocycles. The average molecular weight is 470 g/mol. The van der Waals surface area contributed by atoms with E-state index in [1.54, 1.807) is 4.90 Å². The van der Waals surface area contributed by atoms with Crippen LogP contribution in [0.1, 0.15) is 38.2 Å². The molecule has 0 aromatic heterocycles. The number of urea groups is 1. The van der Waals surface area contributed by atoms with Crippen LogP contribution in [-0.4, -0.2) is 73.8 Å². The Hall–Kier alpha value is -2.33. The molecule has 4 rings (SSSR count). The second kappa shape index (κ2) is 9.13. The summed E-state index contributed by atoms with van der Waals surface area (Å²) < 4.78 is 50.1. The maximum atomic E-state index is 13.6. The molecule has 3 heterocycles. The van der Waals surface area contributed by atoms with Crippen molar-refractivity contribution < 1.29 is 32.2 Å². The number of alkyl halides is 3. The summed E-state index contributed by atoms with van der Waals surface area (Å²) in [5.74, 6) is -0.218. The van der Waals surface area contributed by atoms with Crippen molar-refractivity contribution in [3.05, 3.63) is 23.8 Å². The fourth-order valence-electron chi connectivity index (χ4n) is 5.32. The molecule has 0 saturated carbocycles. The Labute approximate surface area is 191 Å². The van der Waals surface area contributed by atoms with Gasteiger partial charge in [0.15, 0.2) is 0 Å². The van der Waals surface area contributed by atoms with Crippen molar-refractivity contribution in [2.24, 2.45) is 5.92 Å². The van der Waals surface area contributed by atoms with Gasteiger partial charge in [-0.1, -0.05) is 0 Å². The van der Waals surface area contributed by atoms with E-state index in [0.717, 1.165) is 62.8 Å². The van der Waals surface area contributed by atoms with Crippen LogP contribution in [0.2, 0.25) is 0 Å². The van der Waals surface area contributed by atoms with Gasteiger partial charge in [-0.05, 0) is 50.7 Å². The lowest BCUT2D eigenvalue weighted by atomic mass is 9.85. The van der Waals surface area contributed by atoms with Crippen LogP contribution >= 0.6 is 0 Å². The molecule has 1 aromatic carbocycles. The minimum absolute atomic E-state index is 0.0924. The number of carbonyl (C=O) groups is 2. The van der Waals surface area contributed by atoms with Crippen molar-refractivity contribution in [3.8, 4) is 5.75 Å². The highest BCUT2D eigenvalue weighted by atomic mass is 19.4. The van der Waals surface area contributed by atoms with Crippen LogP contribution in [0.15, 0.2) is 18.2 Å². The third-order valence-corrected chi connectivity index (χ3v) is 7.15. The molecule has 0 bridgehead atoms. The van der Waals surface area contributed by atoms with Gasteiger partial charge >= 0.3 is 12.2 Å². The summed E-state index contributed by atoms with van der Waals surface area (Å²) in [6, 6.07) is 2.63. The first-order valence-corrected chi connectivity index (χ1v) is 11.4. The topological polar surface area (TPSA) is 62.3 Å². The van der Waals surface area contributed by atoms with E-state index < -0.39 is 29.1 Å². The van der Waals surface area contributed by atoms with Crippen molar-refractivity contribution in [2.45, 2.75) is 44.3 Å². The van der Waals surface area contributed by atoms with Gasteiger partial charge in [0.25, 0.3) is 5.91 Å². The van der Waals surface area contributed by atoms with Gasteiger partial charge in [0.1, 0.15) is 11.3 Å². The number of imide groups is 1. The van der Waals surface area contributed by atoms with Crippen LogP contribution < -0.4 is 9.64 Å². The first-order valence-electron chi connectivity index (χ1n) is 11.4. The molecule has 7 nitrogen and oxygen atoms in total. The van der Waals surface area contributed by atoms with Crippen LogP contribution in [0.3, 0.4) is 0 Å². The van der Waals surface area contributed by atoms with Crippen molar-refractivity contribution in [3.63, 3.8) is 0 Å². The molecule has 33 heavy (non-hydrogen) atoms. The molecule has 3 aliphatic rings. The Morgan fingerprint density at radius 2 is 1.82 bits per heavy atom. The molecule has 1 aromatic rings. The van der Waals surface area contributed by atoms with Crippen LogP contribution in [0.4, 0.5) is 23.7 Å². The first kappa shape index (κ1) is 23.8. The summed E-state index contributed by atoms with van der Waals surface area (Å²) in [6.07, 6.45) is -1.53. The molecular weight excluding hydrogens is 439 g/mol. The molecule has 0 atom stereocenters. The Kier molecular flexibility index (Phi) is 6.59. The zero-order valence-electron chi connectivity index (χ0n) is 19.0. The van der Waals surface area contributed by atoms with Crippen molar-refractivity contribution in [1.29, 1.82) is 0 Å². The zero-order chi connectivity index (χ0) is 23.8. The number of hydrogen-bond donors (Lipinski definition) is 0. The Balaban J connectivity index is 1.55. The summed E-state index contributed by atoms with van der Waals surface area (Å²) in [7, 11) is 1.13. The highest BCUT2D eigenvalue weighted by Crippen LogP contribution is 2.43. The van der Waals surface area contributed by atoms with E-state index in [1.165, 1.54) is 0 Å². The minimum atomic E-state index is -4.60. The fraction of sp³-hybridized carbons (Fsp3) is 0.652. The van der Waals surface area contributed by atoms with Gasteiger partial charge in [0.05, 0.1) is 18.4 Å². The number of anilines is 1. The predicted octanol–water partition coefficient (Wildman–Crippen LogP) is 3.76. The summed E-state index contributed by atoms with van der Waals surface area (Å²) in [4.78, 5) is 31.8. The summed E-state index contributed by atoms with van der Waals surface area (Å²) in [5.41, 5.74) is -1.82. The molecule has 3 aliphatic heterocycles. The number of piperidine rings is 1. The number of nitrogens with zero attached hydrogens (tertiary/aromatic N) is 3. The van der Waals surface area contributed by atoms with E-state index in [2.05, 4.69) is 4.90 Å². The quantitative estimate of drug-likeness (QED) is 0.615. The zero-order valence-corrected chi connectivity index (χ0v) is 19.0. The van der Waals surface area contributed by atoms with Crippen molar-refractivity contribution in [1.82, 2.24) is 9.80 Å². The number of carbonyl (C=O) groups excluding carboxylic acids is 2. The van der Waals surface area contributed by atoms with E-state index in [9.17, 15) is 22.8 Å². The largest absolute Gasteiger partial charge is 0.496 e. The molecule has 3 amide bonds. The third kappa shape index (κ3) is 4.30. The average Bonchev–Trinajstić information content (AvgIpc) is 3.00. The van der Waals surface area contributed by atoms with Crippen LogP contribution in [0.5, 0.6) is 5.75 Å². The van der Waals surface area contributed by atoms with Crippen molar-refractivity contribution >= 4 is 17.6 Å². The van der Waals surface area contributed by atoms with Gasteiger partial charge < -0.3 is 19.3 Å². The molecule has 1 spiro atoms. The number of benzene rings is 1. The number of amides is 3. The summed E-state index contributed by atoms with van der Waals surface area (Å²) >= 11 is 0. The minimum Gasteiger partial charge on any atom is -0.496 e. The van der Waals surface area contributed by atoms with E-state index in [-0.39, 0.29) is 11.6 Å². The molecular formula is C23H30F3N3O4. The van der Waals surface area contributed by atoms with E-state index in [1.807, 2.05) is 6.92 Å². The Bertz CT molecular complexity index is 893. The van der Waals surface area contributed by atoms with Crippen LogP contribution in [0.25, 0.3) is 0 Å². The number of ether oxygens (including phenoxy) is 2. The Morgan fingerprint density at radius 3 is 2.39 bits per heavy atom. The lowest BCUT2D eigenvalue weighted by Gasteiger charge is -2.43. The van der Waals surface area contributed by atoms with Gasteiger partial charge in [0.2, 0.25) is 0 Å². The number of likely N-dealkylation sites (tertiary alicyclic amines) is 1. The monoisotopic (exact) mass is 469 g/mol. The van der Waals surface area contributed by atoms with E-state index >= 15 is 0 Å². The van der Waals surface area contributed by atoms with Crippen LogP contribution in [-0.2, 0) is 15.7 Å². The molecule has 0 unspecified atom stereocenters. The van der Waals surface area contributed by atoms with E-state index in [0.29, 0.717) is 38.4 Å². The highest BCUT2D eigenvalue weighted by molar-refractivity contribution is 6.23. The second-order valence-corrected chi connectivity index (χ2v) is 8.94. The number of rotatable bonds is 5. The SMILES string of the molecule is CCN1C(=O)N(c2ccc(C(F)(F)F)c(OC)c2)C(=O)C12CCN(CC1CCOCC1)CC2. The van der Waals surface area contributed by atoms with Gasteiger partial charge in [-0.3, -0.25) is 4.79 Å². The van der Waals surface area contributed by atoms with Crippen molar-refractivity contribution in [2.75, 3.05) is 51.4 Å². The van der Waals surface area contributed by atoms with Gasteiger partial charge in [-0.2, -0.15) is 13.2 Å². The molecule has 3 fully saturated rings. The fourth-order valence-corrected chi connectivity index (χ4v) is 5.32. The number of methoxy groups -OCH3 is 1. The normalized spacial score (nSPS) is 22.5. The number of halogens is 3. The van der Waals surface area contributed by atoms with Gasteiger partial charge in [0, 0.05) is 45.5 Å².